The Labute approximate surface area is 233 Å². The van der Waals surface area contributed by atoms with Crippen LogP contribution in [0.2, 0.25) is 0 Å². The van der Waals surface area contributed by atoms with E-state index in [1.807, 2.05) is 30.3 Å². The van der Waals surface area contributed by atoms with Crippen LogP contribution in [0.15, 0.2) is 72.2 Å². The zero-order chi connectivity index (χ0) is 28.5. The third-order valence-electron chi connectivity index (χ3n) is 5.66. The van der Waals surface area contributed by atoms with Gasteiger partial charge in [-0.1, -0.05) is 60.7 Å². The Morgan fingerprint density at radius 3 is 2.18 bits per heavy atom. The van der Waals surface area contributed by atoms with E-state index in [9.17, 15) is 23.1 Å². The standard InChI is InChI=1S/C28H35N3O6S2/c1-28(2,3)37-27(34)31-23(19-39(35,36)18-21-12-8-5-9-13-21)25(33)30-22(24(32)26-29-16-17-38-26)15-14-20-10-6-4-7-11-20/h4-13,16-17,22-24,32H,14-15,18-19H2,1-3H3,(H,30,33)(H,31,34)/t22-,23-,24-/m0/s1. The molecule has 3 rings (SSSR count). The number of rotatable bonds is 12. The lowest BCUT2D eigenvalue weighted by atomic mass is 10.0. The summed E-state index contributed by atoms with van der Waals surface area (Å²) in [6.45, 7) is 4.99. The van der Waals surface area contributed by atoms with Crippen molar-refractivity contribution in [1.82, 2.24) is 15.6 Å². The number of amides is 2. The van der Waals surface area contributed by atoms with Crippen LogP contribution in [0.5, 0.6) is 0 Å². The smallest absolute Gasteiger partial charge is 0.408 e. The third kappa shape index (κ3) is 10.4. The van der Waals surface area contributed by atoms with Crippen molar-refractivity contribution in [2.45, 2.75) is 63.2 Å². The van der Waals surface area contributed by atoms with Gasteiger partial charge in [0.1, 0.15) is 22.8 Å². The fourth-order valence-corrected chi connectivity index (χ4v) is 6.13. The van der Waals surface area contributed by atoms with Crippen molar-refractivity contribution in [1.29, 1.82) is 0 Å². The molecule has 0 bridgehead atoms. The van der Waals surface area contributed by atoms with Crippen LogP contribution in [0, 0.1) is 0 Å². The molecule has 0 spiro atoms. The largest absolute Gasteiger partial charge is 0.444 e. The van der Waals surface area contributed by atoms with Crippen molar-refractivity contribution >= 4 is 33.2 Å². The molecule has 3 atom stereocenters. The van der Waals surface area contributed by atoms with Gasteiger partial charge in [0.05, 0.1) is 17.5 Å². The van der Waals surface area contributed by atoms with Gasteiger partial charge in [-0.3, -0.25) is 4.79 Å². The molecule has 3 aromatic rings. The molecular weight excluding hydrogens is 538 g/mol. The number of aryl methyl sites for hydroxylation is 1. The van der Waals surface area contributed by atoms with E-state index in [0.717, 1.165) is 5.56 Å². The molecule has 1 aromatic heterocycles. The van der Waals surface area contributed by atoms with Gasteiger partial charge in [-0.25, -0.2) is 18.2 Å². The Balaban J connectivity index is 1.81. The molecule has 3 N–H and O–H groups in total. The molecule has 0 aliphatic carbocycles. The number of hydrogen-bond donors (Lipinski definition) is 3. The number of aliphatic hydroxyl groups excluding tert-OH is 1. The van der Waals surface area contributed by atoms with E-state index in [4.69, 9.17) is 4.74 Å². The van der Waals surface area contributed by atoms with Gasteiger partial charge in [-0.15, -0.1) is 11.3 Å². The molecule has 2 aromatic carbocycles. The topological polar surface area (TPSA) is 135 Å². The summed E-state index contributed by atoms with van der Waals surface area (Å²) in [6.07, 6.45) is 0.416. The molecule has 1 heterocycles. The highest BCUT2D eigenvalue weighted by Crippen LogP contribution is 2.23. The summed E-state index contributed by atoms with van der Waals surface area (Å²) in [5.74, 6) is -1.69. The number of nitrogens with zero attached hydrogens (tertiary/aromatic N) is 1. The van der Waals surface area contributed by atoms with Gasteiger partial charge in [0.15, 0.2) is 9.84 Å². The molecular formula is C28H35N3O6S2. The summed E-state index contributed by atoms with van der Waals surface area (Å²) in [6, 6.07) is 15.9. The Hall–Kier alpha value is -3.28. The summed E-state index contributed by atoms with van der Waals surface area (Å²) in [7, 11) is -3.83. The summed E-state index contributed by atoms with van der Waals surface area (Å²) in [4.78, 5) is 30.2. The first-order valence-electron chi connectivity index (χ1n) is 12.6. The Bertz CT molecular complexity index is 1290. The van der Waals surface area contributed by atoms with Gasteiger partial charge >= 0.3 is 6.09 Å². The highest BCUT2D eigenvalue weighted by molar-refractivity contribution is 7.90. The number of carbonyl (C=O) groups excluding carboxylic acids is 2. The fourth-order valence-electron chi connectivity index (χ4n) is 3.89. The number of ether oxygens (including phenoxy) is 1. The van der Waals surface area contributed by atoms with E-state index in [-0.39, 0.29) is 5.75 Å². The quantitative estimate of drug-likeness (QED) is 0.300. The van der Waals surface area contributed by atoms with Gasteiger partial charge in [0.2, 0.25) is 5.91 Å². The highest BCUT2D eigenvalue weighted by atomic mass is 32.2. The number of nitrogens with one attached hydrogen (secondary N) is 2. The lowest BCUT2D eigenvalue weighted by molar-refractivity contribution is -0.124. The second-order valence-electron chi connectivity index (χ2n) is 10.2. The normalized spacial score (nSPS) is 14.2. The monoisotopic (exact) mass is 573 g/mol. The zero-order valence-corrected chi connectivity index (χ0v) is 23.9. The van der Waals surface area contributed by atoms with Crippen LogP contribution < -0.4 is 10.6 Å². The predicted molar refractivity (Wildman–Crippen MR) is 151 cm³/mol. The number of hydrogen-bond acceptors (Lipinski definition) is 8. The minimum absolute atomic E-state index is 0.299. The minimum Gasteiger partial charge on any atom is -0.444 e. The van der Waals surface area contributed by atoms with Crippen molar-refractivity contribution in [3.63, 3.8) is 0 Å². The maximum absolute atomic E-state index is 13.5. The highest BCUT2D eigenvalue weighted by Gasteiger charge is 2.33. The van der Waals surface area contributed by atoms with Crippen LogP contribution in [-0.2, 0) is 31.5 Å². The van der Waals surface area contributed by atoms with Gasteiger partial charge in [-0.2, -0.15) is 0 Å². The summed E-state index contributed by atoms with van der Waals surface area (Å²) in [5.41, 5.74) is 0.721. The molecule has 0 aliphatic heterocycles. The first kappa shape index (κ1) is 30.3. The van der Waals surface area contributed by atoms with E-state index in [0.29, 0.717) is 23.4 Å². The molecule has 0 unspecified atom stereocenters. The number of carbonyl (C=O) groups is 2. The van der Waals surface area contributed by atoms with Crippen LogP contribution in [0.4, 0.5) is 4.79 Å². The van der Waals surface area contributed by atoms with Crippen LogP contribution in [0.1, 0.15) is 49.4 Å². The van der Waals surface area contributed by atoms with Crippen molar-refractivity contribution in [2.75, 3.05) is 5.75 Å². The van der Waals surface area contributed by atoms with Gasteiger partial charge < -0.3 is 20.5 Å². The van der Waals surface area contributed by atoms with E-state index in [2.05, 4.69) is 15.6 Å². The SMILES string of the molecule is CC(C)(C)OC(=O)N[C@@H](CS(=O)(=O)Cc1ccccc1)C(=O)N[C@@H](CCc1ccccc1)[C@H](O)c1nccs1. The maximum atomic E-state index is 13.5. The van der Waals surface area contributed by atoms with Crippen LogP contribution >= 0.6 is 11.3 Å². The predicted octanol–water partition coefficient (Wildman–Crippen LogP) is 3.80. The molecule has 0 fully saturated rings. The van der Waals surface area contributed by atoms with E-state index in [1.165, 1.54) is 11.3 Å². The first-order valence-corrected chi connectivity index (χ1v) is 15.3. The van der Waals surface area contributed by atoms with Crippen LogP contribution in [0.25, 0.3) is 0 Å². The molecule has 0 saturated carbocycles. The zero-order valence-electron chi connectivity index (χ0n) is 22.2. The molecule has 2 amide bonds. The number of alkyl carbamates (subject to hydrolysis) is 1. The van der Waals surface area contributed by atoms with Crippen molar-refractivity contribution in [2.24, 2.45) is 0 Å². The Kier molecular flexibility index (Phi) is 10.6. The van der Waals surface area contributed by atoms with Crippen LogP contribution in [-0.4, -0.2) is 53.9 Å². The number of thiazole rings is 1. The summed E-state index contributed by atoms with van der Waals surface area (Å²) in [5, 5.41) is 18.4. The minimum atomic E-state index is -3.83. The molecule has 0 radical (unpaired) electrons. The molecule has 0 saturated heterocycles. The van der Waals surface area contributed by atoms with E-state index < -0.39 is 51.4 Å². The van der Waals surface area contributed by atoms with E-state index in [1.54, 1.807) is 62.7 Å². The second kappa shape index (κ2) is 13.7. The number of aromatic nitrogens is 1. The molecule has 11 heteroatoms. The van der Waals surface area contributed by atoms with Crippen molar-refractivity contribution in [3.05, 3.63) is 88.4 Å². The van der Waals surface area contributed by atoms with Gasteiger partial charge in [0, 0.05) is 11.6 Å². The maximum Gasteiger partial charge on any atom is 0.408 e. The summed E-state index contributed by atoms with van der Waals surface area (Å²) >= 11 is 1.25. The Morgan fingerprint density at radius 1 is 1.00 bits per heavy atom. The second-order valence-corrected chi connectivity index (χ2v) is 13.2. The van der Waals surface area contributed by atoms with Crippen molar-refractivity contribution in [3.8, 4) is 0 Å². The lowest BCUT2D eigenvalue weighted by Crippen LogP contribution is -2.54. The third-order valence-corrected chi connectivity index (χ3v) is 8.12. The van der Waals surface area contributed by atoms with Crippen LogP contribution in [0.3, 0.4) is 0 Å². The molecule has 0 aliphatic rings. The summed E-state index contributed by atoms with van der Waals surface area (Å²) < 4.78 is 31.4. The lowest BCUT2D eigenvalue weighted by Gasteiger charge is -2.27. The van der Waals surface area contributed by atoms with Crippen molar-refractivity contribution < 1.29 is 27.9 Å². The van der Waals surface area contributed by atoms with Gasteiger partial charge in [0.25, 0.3) is 0 Å². The first-order chi connectivity index (χ1) is 18.4. The van der Waals surface area contributed by atoms with E-state index >= 15 is 0 Å². The average molecular weight is 574 g/mol. The average Bonchev–Trinajstić information content (AvgIpc) is 3.40. The van der Waals surface area contributed by atoms with Gasteiger partial charge in [-0.05, 0) is 44.7 Å². The number of sulfone groups is 1. The molecule has 39 heavy (non-hydrogen) atoms. The Morgan fingerprint density at radius 2 is 1.62 bits per heavy atom. The number of aliphatic hydroxyl groups is 1. The molecule has 9 nitrogen and oxygen atoms in total. The fraction of sp³-hybridized carbons (Fsp3) is 0.393. The number of benzene rings is 2. The molecule has 210 valence electrons.